The van der Waals surface area contributed by atoms with Gasteiger partial charge in [-0.15, -0.1) is 11.8 Å². The lowest BCUT2D eigenvalue weighted by molar-refractivity contribution is 0.102. The fourth-order valence-electron chi connectivity index (χ4n) is 2.83. The van der Waals surface area contributed by atoms with Crippen molar-refractivity contribution >= 4 is 23.4 Å². The van der Waals surface area contributed by atoms with Gasteiger partial charge in [0, 0.05) is 33.5 Å². The van der Waals surface area contributed by atoms with Crippen molar-refractivity contribution < 1.29 is 19.0 Å². The summed E-state index contributed by atoms with van der Waals surface area (Å²) in [6.07, 6.45) is 0. The highest BCUT2D eigenvalue weighted by Crippen LogP contribution is 2.31. The molecule has 3 rings (SSSR count). The molecule has 0 unspecified atom stereocenters. The van der Waals surface area contributed by atoms with E-state index in [1.165, 1.54) is 0 Å². The zero-order valence-corrected chi connectivity index (χ0v) is 17.4. The maximum atomic E-state index is 12.8. The van der Waals surface area contributed by atoms with Crippen LogP contribution in [-0.2, 0) is 5.75 Å². The van der Waals surface area contributed by atoms with Gasteiger partial charge in [-0.1, -0.05) is 18.2 Å². The third-order valence-electron chi connectivity index (χ3n) is 4.32. The second-order valence-corrected chi connectivity index (χ2v) is 7.20. The van der Waals surface area contributed by atoms with Gasteiger partial charge in [-0.3, -0.25) is 4.79 Å². The summed E-state index contributed by atoms with van der Waals surface area (Å²) >= 11 is 1.69. The van der Waals surface area contributed by atoms with Gasteiger partial charge >= 0.3 is 0 Å². The summed E-state index contributed by atoms with van der Waals surface area (Å²) in [5, 5.41) is 2.90. The number of nitrogens with one attached hydrogen (secondary N) is 1. The van der Waals surface area contributed by atoms with Crippen LogP contribution in [0.15, 0.2) is 71.6 Å². The Morgan fingerprint density at radius 2 is 1.52 bits per heavy atom. The molecule has 5 nitrogen and oxygen atoms in total. The van der Waals surface area contributed by atoms with Gasteiger partial charge in [0.05, 0.1) is 21.3 Å². The van der Waals surface area contributed by atoms with Gasteiger partial charge in [-0.2, -0.15) is 0 Å². The van der Waals surface area contributed by atoms with Gasteiger partial charge in [0.15, 0.2) is 11.5 Å². The van der Waals surface area contributed by atoms with Gasteiger partial charge in [0.25, 0.3) is 5.91 Å². The summed E-state index contributed by atoms with van der Waals surface area (Å²) in [6, 6.07) is 20.8. The van der Waals surface area contributed by atoms with Crippen molar-refractivity contribution in [2.24, 2.45) is 0 Å². The third-order valence-corrected chi connectivity index (χ3v) is 5.38. The Morgan fingerprint density at radius 1 is 0.828 bits per heavy atom. The van der Waals surface area contributed by atoms with Gasteiger partial charge in [-0.25, -0.2) is 0 Å². The minimum atomic E-state index is -0.203. The molecule has 6 heteroatoms. The van der Waals surface area contributed by atoms with Gasteiger partial charge in [0.1, 0.15) is 5.75 Å². The van der Waals surface area contributed by atoms with Crippen LogP contribution in [0.2, 0.25) is 0 Å². The molecule has 29 heavy (non-hydrogen) atoms. The molecule has 0 aromatic heterocycles. The minimum Gasteiger partial charge on any atom is -0.496 e. The molecule has 0 aliphatic rings. The molecule has 0 atom stereocenters. The number of carbonyl (C=O) groups is 1. The molecule has 0 spiro atoms. The first-order chi connectivity index (χ1) is 14.1. The van der Waals surface area contributed by atoms with Crippen LogP contribution in [0.1, 0.15) is 15.9 Å². The highest BCUT2D eigenvalue weighted by atomic mass is 32.2. The van der Waals surface area contributed by atoms with Crippen molar-refractivity contribution in [3.8, 4) is 17.2 Å². The van der Waals surface area contributed by atoms with Gasteiger partial charge < -0.3 is 19.5 Å². The maximum absolute atomic E-state index is 12.8. The smallest absolute Gasteiger partial charge is 0.255 e. The van der Waals surface area contributed by atoms with E-state index < -0.39 is 0 Å². The molecule has 0 saturated heterocycles. The van der Waals surface area contributed by atoms with Gasteiger partial charge in [0.2, 0.25) is 0 Å². The predicted octanol–water partition coefficient (Wildman–Crippen LogP) is 5.26. The summed E-state index contributed by atoms with van der Waals surface area (Å²) in [5.41, 5.74) is 2.15. The lowest BCUT2D eigenvalue weighted by Crippen LogP contribution is -2.12. The molecule has 1 amide bonds. The zero-order valence-electron chi connectivity index (χ0n) is 16.6. The largest absolute Gasteiger partial charge is 0.496 e. The van der Waals surface area contributed by atoms with E-state index in [-0.39, 0.29) is 5.91 Å². The zero-order chi connectivity index (χ0) is 20.6. The van der Waals surface area contributed by atoms with Crippen molar-refractivity contribution in [3.05, 3.63) is 77.9 Å². The van der Waals surface area contributed by atoms with E-state index in [1.54, 1.807) is 57.4 Å². The fraction of sp³-hybridized carbons (Fsp3) is 0.174. The number of hydrogen-bond donors (Lipinski definition) is 1. The molecule has 0 heterocycles. The van der Waals surface area contributed by atoms with Crippen molar-refractivity contribution in [1.82, 2.24) is 0 Å². The first-order valence-corrected chi connectivity index (χ1v) is 10.0. The summed E-state index contributed by atoms with van der Waals surface area (Å²) < 4.78 is 16.0. The molecule has 0 fully saturated rings. The monoisotopic (exact) mass is 409 g/mol. The van der Waals surface area contributed by atoms with Crippen LogP contribution in [-0.4, -0.2) is 27.2 Å². The van der Waals surface area contributed by atoms with Gasteiger partial charge in [-0.05, 0) is 42.5 Å². The first-order valence-electron chi connectivity index (χ1n) is 9.02. The first kappa shape index (κ1) is 20.6. The number of benzene rings is 3. The van der Waals surface area contributed by atoms with Crippen molar-refractivity contribution in [2.45, 2.75) is 10.6 Å². The molecule has 0 bridgehead atoms. The highest BCUT2D eigenvalue weighted by molar-refractivity contribution is 7.98. The quantitative estimate of drug-likeness (QED) is 0.515. The number of methoxy groups -OCH3 is 3. The molecule has 3 aromatic rings. The molecular weight excluding hydrogens is 386 g/mol. The Kier molecular flexibility index (Phi) is 7.03. The summed E-state index contributed by atoms with van der Waals surface area (Å²) in [6.45, 7) is 0. The Morgan fingerprint density at radius 3 is 2.21 bits per heavy atom. The van der Waals surface area contributed by atoms with E-state index in [9.17, 15) is 4.79 Å². The van der Waals surface area contributed by atoms with E-state index in [0.29, 0.717) is 28.5 Å². The molecular formula is C23H23NO4S. The predicted molar refractivity (Wildman–Crippen MR) is 116 cm³/mol. The molecule has 150 valence electrons. The number of thioether (sulfide) groups is 1. The maximum Gasteiger partial charge on any atom is 0.255 e. The normalized spacial score (nSPS) is 10.3. The standard InChI is InChI=1S/C23H23NO4S/c1-26-20-11-9-16(13-17(20)15-29-19-7-5-4-6-8-19)23(25)24-18-10-12-21(27-2)22(14-18)28-3/h4-14H,15H2,1-3H3,(H,24,25). The van der Waals surface area contributed by atoms with E-state index in [1.807, 2.05) is 30.3 Å². The molecule has 0 radical (unpaired) electrons. The topological polar surface area (TPSA) is 56.8 Å². The summed E-state index contributed by atoms with van der Waals surface area (Å²) in [5.74, 6) is 2.42. The number of anilines is 1. The Bertz CT molecular complexity index is 976. The summed E-state index contributed by atoms with van der Waals surface area (Å²) in [4.78, 5) is 13.9. The van der Waals surface area contributed by atoms with Crippen LogP contribution in [0.5, 0.6) is 17.2 Å². The van der Waals surface area contributed by atoms with Crippen molar-refractivity contribution in [1.29, 1.82) is 0 Å². The van der Waals surface area contributed by atoms with Crippen molar-refractivity contribution in [3.63, 3.8) is 0 Å². The van der Waals surface area contributed by atoms with E-state index in [2.05, 4.69) is 17.4 Å². The van der Waals surface area contributed by atoms with Crippen LogP contribution in [0.25, 0.3) is 0 Å². The highest BCUT2D eigenvalue weighted by Gasteiger charge is 2.13. The molecule has 0 aliphatic carbocycles. The lowest BCUT2D eigenvalue weighted by atomic mass is 10.1. The van der Waals surface area contributed by atoms with Crippen LogP contribution in [0.3, 0.4) is 0 Å². The molecule has 0 saturated carbocycles. The third kappa shape index (κ3) is 5.23. The average Bonchev–Trinajstić information content (AvgIpc) is 2.78. The second-order valence-electron chi connectivity index (χ2n) is 6.15. The Hall–Kier alpha value is -3.12. The van der Waals surface area contributed by atoms with Crippen LogP contribution < -0.4 is 19.5 Å². The van der Waals surface area contributed by atoms with Crippen LogP contribution in [0.4, 0.5) is 5.69 Å². The average molecular weight is 410 g/mol. The number of amides is 1. The Labute approximate surface area is 175 Å². The molecule has 1 N–H and O–H groups in total. The van der Waals surface area contributed by atoms with E-state index in [0.717, 1.165) is 16.2 Å². The SMILES string of the molecule is COc1ccc(C(=O)Nc2ccc(OC)c(OC)c2)cc1CSc1ccccc1. The fourth-order valence-corrected chi connectivity index (χ4v) is 3.73. The van der Waals surface area contributed by atoms with Crippen molar-refractivity contribution in [2.75, 3.05) is 26.6 Å². The summed E-state index contributed by atoms with van der Waals surface area (Å²) in [7, 11) is 4.77. The lowest BCUT2D eigenvalue weighted by Gasteiger charge is -2.13. The molecule has 0 aliphatic heterocycles. The van der Waals surface area contributed by atoms with E-state index in [4.69, 9.17) is 14.2 Å². The number of rotatable bonds is 8. The number of ether oxygens (including phenoxy) is 3. The van der Waals surface area contributed by atoms with E-state index >= 15 is 0 Å². The second kappa shape index (κ2) is 9.89. The minimum absolute atomic E-state index is 0.203. The van der Waals surface area contributed by atoms with Crippen LogP contribution >= 0.6 is 11.8 Å². The van der Waals surface area contributed by atoms with Crippen LogP contribution in [0, 0.1) is 0 Å². The molecule has 3 aromatic carbocycles. The number of hydrogen-bond acceptors (Lipinski definition) is 5. The Balaban J connectivity index is 1.76. The number of carbonyl (C=O) groups excluding carboxylic acids is 1.